The molecule has 2 rings (SSSR count). The molecule has 0 bridgehead atoms. The number of nitrogens with zero attached hydrogens (tertiary/aromatic N) is 1. The molecule has 0 amide bonds. The molecule has 1 heterocycles. The lowest BCUT2D eigenvalue weighted by Gasteiger charge is -2.08. The molecule has 0 saturated heterocycles. The van der Waals surface area contributed by atoms with Crippen LogP contribution in [0.1, 0.15) is 11.1 Å². The van der Waals surface area contributed by atoms with Crippen LogP contribution in [0.25, 0.3) is 0 Å². The number of rotatable bonds is 3. The second kappa shape index (κ2) is 5.30. The molecule has 2 aromatic rings. The first-order valence-electron chi connectivity index (χ1n) is 5.14. The second-order valence-corrected chi connectivity index (χ2v) is 4.87. The van der Waals surface area contributed by atoms with E-state index in [0.29, 0.717) is 0 Å². The fraction of sp³-hybridized carbons (Fsp3) is 0.154. The summed E-state index contributed by atoms with van der Waals surface area (Å²) in [5.74, 6) is 0. The van der Waals surface area contributed by atoms with E-state index in [0.717, 1.165) is 6.54 Å². The van der Waals surface area contributed by atoms with E-state index in [-0.39, 0.29) is 0 Å². The van der Waals surface area contributed by atoms with E-state index in [1.807, 2.05) is 24.5 Å². The van der Waals surface area contributed by atoms with Gasteiger partial charge in [-0.15, -0.1) is 0 Å². The zero-order chi connectivity index (χ0) is 11.4. The highest BCUT2D eigenvalue weighted by Gasteiger charge is 1.98. The molecule has 3 heteroatoms. The SMILES string of the molecule is Cc1cncc(CNc2ccccc2I)c1. The summed E-state index contributed by atoms with van der Waals surface area (Å²) in [5, 5.41) is 3.41. The van der Waals surface area contributed by atoms with Crippen molar-refractivity contribution in [2.45, 2.75) is 13.5 Å². The van der Waals surface area contributed by atoms with Crippen molar-refractivity contribution in [3.05, 3.63) is 57.4 Å². The number of pyridine rings is 1. The Kier molecular flexibility index (Phi) is 3.77. The zero-order valence-electron chi connectivity index (χ0n) is 9.07. The fourth-order valence-corrected chi connectivity index (χ4v) is 2.09. The Balaban J connectivity index is 2.05. The number of halogens is 1. The van der Waals surface area contributed by atoms with E-state index in [9.17, 15) is 0 Å². The maximum atomic E-state index is 4.18. The van der Waals surface area contributed by atoms with E-state index in [1.165, 1.54) is 20.4 Å². The predicted molar refractivity (Wildman–Crippen MR) is 75.5 cm³/mol. The minimum Gasteiger partial charge on any atom is -0.380 e. The summed E-state index contributed by atoms with van der Waals surface area (Å²) in [7, 11) is 0. The van der Waals surface area contributed by atoms with Crippen molar-refractivity contribution in [1.82, 2.24) is 4.98 Å². The first kappa shape index (κ1) is 11.4. The molecule has 0 spiro atoms. The summed E-state index contributed by atoms with van der Waals surface area (Å²) in [6.45, 7) is 2.87. The Labute approximate surface area is 109 Å². The van der Waals surface area contributed by atoms with Crippen molar-refractivity contribution < 1.29 is 0 Å². The Morgan fingerprint density at radius 2 is 2.06 bits per heavy atom. The lowest BCUT2D eigenvalue weighted by Crippen LogP contribution is -2.01. The van der Waals surface area contributed by atoms with E-state index < -0.39 is 0 Å². The molecule has 0 atom stereocenters. The first-order valence-corrected chi connectivity index (χ1v) is 6.22. The molecule has 0 aliphatic rings. The summed E-state index contributed by atoms with van der Waals surface area (Å²) < 4.78 is 1.24. The van der Waals surface area contributed by atoms with Crippen LogP contribution in [0.5, 0.6) is 0 Å². The fourth-order valence-electron chi connectivity index (χ4n) is 1.52. The van der Waals surface area contributed by atoms with Gasteiger partial charge in [0.25, 0.3) is 0 Å². The van der Waals surface area contributed by atoms with Crippen LogP contribution in [0.2, 0.25) is 0 Å². The maximum absolute atomic E-state index is 4.18. The average molecular weight is 324 g/mol. The smallest absolute Gasteiger partial charge is 0.0478 e. The Hall–Kier alpha value is -1.10. The number of hydrogen-bond donors (Lipinski definition) is 1. The van der Waals surface area contributed by atoms with Crippen LogP contribution in [0.3, 0.4) is 0 Å². The summed E-state index contributed by atoms with van der Waals surface area (Å²) in [5.41, 5.74) is 3.58. The third-order valence-electron chi connectivity index (χ3n) is 2.29. The van der Waals surface area contributed by atoms with E-state index in [1.54, 1.807) is 0 Å². The van der Waals surface area contributed by atoms with Crippen molar-refractivity contribution in [3.63, 3.8) is 0 Å². The topological polar surface area (TPSA) is 24.9 Å². The second-order valence-electron chi connectivity index (χ2n) is 3.70. The third-order valence-corrected chi connectivity index (χ3v) is 3.23. The molecule has 1 N–H and O–H groups in total. The molecule has 16 heavy (non-hydrogen) atoms. The molecular formula is C13H13IN2. The van der Waals surface area contributed by atoms with Crippen LogP contribution < -0.4 is 5.32 Å². The molecule has 0 radical (unpaired) electrons. The number of aryl methyl sites for hydroxylation is 1. The van der Waals surface area contributed by atoms with Gasteiger partial charge in [-0.2, -0.15) is 0 Å². The predicted octanol–water partition coefficient (Wildman–Crippen LogP) is 3.61. The molecular weight excluding hydrogens is 311 g/mol. The lowest BCUT2D eigenvalue weighted by atomic mass is 10.2. The molecule has 82 valence electrons. The molecule has 0 aliphatic carbocycles. The average Bonchev–Trinajstić information content (AvgIpc) is 2.28. The normalized spacial score (nSPS) is 10.1. The quantitative estimate of drug-likeness (QED) is 0.873. The van der Waals surface area contributed by atoms with Crippen molar-refractivity contribution in [1.29, 1.82) is 0 Å². The first-order chi connectivity index (χ1) is 7.75. The Bertz CT molecular complexity index is 483. The molecule has 0 saturated carbocycles. The van der Waals surface area contributed by atoms with Gasteiger partial charge >= 0.3 is 0 Å². The molecule has 0 fully saturated rings. The number of para-hydroxylation sites is 1. The van der Waals surface area contributed by atoms with E-state index in [4.69, 9.17) is 0 Å². The monoisotopic (exact) mass is 324 g/mol. The number of benzene rings is 1. The largest absolute Gasteiger partial charge is 0.380 e. The van der Waals surface area contributed by atoms with Crippen molar-refractivity contribution in [2.75, 3.05) is 5.32 Å². The molecule has 0 unspecified atom stereocenters. The minimum atomic E-state index is 0.814. The van der Waals surface area contributed by atoms with Gasteiger partial charge in [0.1, 0.15) is 0 Å². The van der Waals surface area contributed by atoms with Crippen molar-refractivity contribution in [2.24, 2.45) is 0 Å². The van der Waals surface area contributed by atoms with Gasteiger partial charge in [-0.3, -0.25) is 4.98 Å². The Morgan fingerprint density at radius 3 is 2.81 bits per heavy atom. The minimum absolute atomic E-state index is 0.814. The van der Waals surface area contributed by atoms with Gasteiger partial charge in [-0.1, -0.05) is 18.2 Å². The van der Waals surface area contributed by atoms with Crippen LogP contribution in [-0.2, 0) is 6.54 Å². The number of hydrogen-bond acceptors (Lipinski definition) is 2. The van der Waals surface area contributed by atoms with Crippen LogP contribution in [0.15, 0.2) is 42.7 Å². The van der Waals surface area contributed by atoms with Crippen molar-refractivity contribution in [3.8, 4) is 0 Å². The lowest BCUT2D eigenvalue weighted by molar-refractivity contribution is 1.09. The molecule has 1 aromatic carbocycles. The van der Waals surface area contributed by atoms with Gasteiger partial charge in [0.05, 0.1) is 0 Å². The maximum Gasteiger partial charge on any atom is 0.0478 e. The van der Waals surface area contributed by atoms with E-state index >= 15 is 0 Å². The van der Waals surface area contributed by atoms with Crippen LogP contribution >= 0.6 is 22.6 Å². The van der Waals surface area contributed by atoms with Crippen LogP contribution in [0, 0.1) is 10.5 Å². The van der Waals surface area contributed by atoms with Gasteiger partial charge in [0.2, 0.25) is 0 Å². The standard InChI is InChI=1S/C13H13IN2/c1-10-6-11(8-15-7-10)9-16-13-5-3-2-4-12(13)14/h2-8,16H,9H2,1H3. The van der Waals surface area contributed by atoms with Gasteiger partial charge < -0.3 is 5.32 Å². The van der Waals surface area contributed by atoms with Crippen molar-refractivity contribution >= 4 is 28.3 Å². The highest BCUT2D eigenvalue weighted by molar-refractivity contribution is 14.1. The number of aromatic nitrogens is 1. The summed E-state index contributed by atoms with van der Waals surface area (Å²) >= 11 is 2.33. The zero-order valence-corrected chi connectivity index (χ0v) is 11.2. The highest BCUT2D eigenvalue weighted by atomic mass is 127. The number of nitrogens with one attached hydrogen (secondary N) is 1. The van der Waals surface area contributed by atoms with E-state index in [2.05, 4.69) is 58.0 Å². The Morgan fingerprint density at radius 1 is 1.25 bits per heavy atom. The van der Waals surface area contributed by atoms with Crippen LogP contribution in [-0.4, -0.2) is 4.98 Å². The van der Waals surface area contributed by atoms with Gasteiger partial charge in [-0.05, 0) is 52.8 Å². The molecule has 1 aromatic heterocycles. The van der Waals surface area contributed by atoms with Gasteiger partial charge in [0.15, 0.2) is 0 Å². The number of anilines is 1. The summed E-state index contributed by atoms with van der Waals surface area (Å²) in [4.78, 5) is 4.18. The third kappa shape index (κ3) is 2.95. The van der Waals surface area contributed by atoms with Crippen LogP contribution in [0.4, 0.5) is 5.69 Å². The molecule has 2 nitrogen and oxygen atoms in total. The van der Waals surface area contributed by atoms with Gasteiger partial charge in [-0.25, -0.2) is 0 Å². The highest BCUT2D eigenvalue weighted by Crippen LogP contribution is 2.17. The molecule has 0 aliphatic heterocycles. The van der Waals surface area contributed by atoms with Gasteiger partial charge in [0, 0.05) is 28.2 Å². The summed E-state index contributed by atoms with van der Waals surface area (Å²) in [6.07, 6.45) is 3.77. The summed E-state index contributed by atoms with van der Waals surface area (Å²) in [6, 6.07) is 10.4.